The van der Waals surface area contributed by atoms with Crippen LogP contribution in [0.3, 0.4) is 0 Å². The third-order valence-electron chi connectivity index (χ3n) is 3.58. The fourth-order valence-electron chi connectivity index (χ4n) is 2.43. The highest BCUT2D eigenvalue weighted by molar-refractivity contribution is 6.05. The van der Waals surface area contributed by atoms with Crippen molar-refractivity contribution in [1.82, 2.24) is 0 Å². The summed E-state index contributed by atoms with van der Waals surface area (Å²) in [5.41, 5.74) is 1.58. The molecule has 0 saturated carbocycles. The Labute approximate surface area is 169 Å². The van der Waals surface area contributed by atoms with E-state index < -0.39 is 24.9 Å². The van der Waals surface area contributed by atoms with Gasteiger partial charge in [-0.25, -0.2) is 0 Å². The van der Waals surface area contributed by atoms with E-state index in [2.05, 4.69) is 20.1 Å². The SMILES string of the molecule is CC(=O)Nc1ccc(C)cc1NC(=O)/C=C/c1ccc(OC(F)F)cc1OC(F)F. The van der Waals surface area contributed by atoms with Gasteiger partial charge in [-0.2, -0.15) is 17.6 Å². The summed E-state index contributed by atoms with van der Waals surface area (Å²) in [7, 11) is 0. The Hall–Kier alpha value is -3.56. The molecule has 0 radical (unpaired) electrons. The molecule has 0 aliphatic heterocycles. The topological polar surface area (TPSA) is 76.7 Å². The summed E-state index contributed by atoms with van der Waals surface area (Å²) in [6, 6.07) is 8.18. The summed E-state index contributed by atoms with van der Waals surface area (Å²) >= 11 is 0. The van der Waals surface area contributed by atoms with Crippen molar-refractivity contribution in [2.45, 2.75) is 27.1 Å². The van der Waals surface area contributed by atoms with Crippen molar-refractivity contribution in [2.24, 2.45) is 0 Å². The number of amides is 2. The van der Waals surface area contributed by atoms with Crippen molar-refractivity contribution in [2.75, 3.05) is 10.6 Å². The quantitative estimate of drug-likeness (QED) is 0.469. The van der Waals surface area contributed by atoms with Crippen LogP contribution in [0.1, 0.15) is 18.1 Å². The Morgan fingerprint density at radius 1 is 0.933 bits per heavy atom. The number of aryl methyl sites for hydroxylation is 1. The van der Waals surface area contributed by atoms with Crippen LogP contribution < -0.4 is 20.1 Å². The first kappa shape index (κ1) is 22.7. The molecule has 0 aromatic heterocycles. The predicted octanol–water partition coefficient (Wildman–Crippen LogP) is 4.81. The molecule has 2 N–H and O–H groups in total. The van der Waals surface area contributed by atoms with Gasteiger partial charge in [0, 0.05) is 24.6 Å². The number of hydrogen-bond donors (Lipinski definition) is 2. The number of ether oxygens (including phenoxy) is 2. The Morgan fingerprint density at radius 2 is 1.63 bits per heavy atom. The molecule has 0 atom stereocenters. The molecule has 0 spiro atoms. The monoisotopic (exact) mass is 426 g/mol. The van der Waals surface area contributed by atoms with Crippen LogP contribution in [0, 0.1) is 6.92 Å². The van der Waals surface area contributed by atoms with E-state index in [-0.39, 0.29) is 17.2 Å². The Balaban J connectivity index is 2.21. The van der Waals surface area contributed by atoms with E-state index in [1.807, 2.05) is 0 Å². The summed E-state index contributed by atoms with van der Waals surface area (Å²) in [5, 5.41) is 5.15. The number of carbonyl (C=O) groups excluding carboxylic acids is 2. The highest BCUT2D eigenvalue weighted by Crippen LogP contribution is 2.29. The standard InChI is InChI=1S/C20H18F4N2O4/c1-11-3-7-15(25-12(2)27)16(9-11)26-18(28)8-5-13-4-6-14(29-19(21)22)10-17(13)30-20(23)24/h3-10,19-20H,1-2H3,(H,25,27)(H,26,28)/b8-5+. The lowest BCUT2D eigenvalue weighted by molar-refractivity contribution is -0.114. The molecule has 160 valence electrons. The molecule has 2 aromatic carbocycles. The van der Waals surface area contributed by atoms with Gasteiger partial charge in [0.15, 0.2) is 0 Å². The molecule has 6 nitrogen and oxygen atoms in total. The first-order valence-electron chi connectivity index (χ1n) is 8.55. The zero-order valence-electron chi connectivity index (χ0n) is 15.9. The van der Waals surface area contributed by atoms with Crippen LogP contribution >= 0.6 is 0 Å². The van der Waals surface area contributed by atoms with Crippen molar-refractivity contribution in [3.8, 4) is 11.5 Å². The van der Waals surface area contributed by atoms with Gasteiger partial charge in [0.2, 0.25) is 11.8 Å². The van der Waals surface area contributed by atoms with Crippen molar-refractivity contribution in [3.05, 3.63) is 53.6 Å². The van der Waals surface area contributed by atoms with Gasteiger partial charge in [-0.1, -0.05) is 6.07 Å². The summed E-state index contributed by atoms with van der Waals surface area (Å²) < 4.78 is 58.3. The molecule has 2 rings (SSSR count). The van der Waals surface area contributed by atoms with Crippen LogP contribution in [0.25, 0.3) is 6.08 Å². The van der Waals surface area contributed by atoms with Gasteiger partial charge in [0.25, 0.3) is 0 Å². The fourth-order valence-corrected chi connectivity index (χ4v) is 2.43. The van der Waals surface area contributed by atoms with Crippen LogP contribution in [0.15, 0.2) is 42.5 Å². The highest BCUT2D eigenvalue weighted by atomic mass is 19.3. The van der Waals surface area contributed by atoms with Gasteiger partial charge >= 0.3 is 13.2 Å². The number of hydrogen-bond acceptors (Lipinski definition) is 4. The van der Waals surface area contributed by atoms with Crippen LogP contribution in [0.5, 0.6) is 11.5 Å². The molecule has 0 saturated heterocycles. The summed E-state index contributed by atoms with van der Waals surface area (Å²) in [5.74, 6) is -1.77. The van der Waals surface area contributed by atoms with Gasteiger partial charge in [-0.05, 0) is 42.8 Å². The van der Waals surface area contributed by atoms with Crippen molar-refractivity contribution >= 4 is 29.3 Å². The molecule has 2 amide bonds. The third-order valence-corrected chi connectivity index (χ3v) is 3.58. The van der Waals surface area contributed by atoms with E-state index in [1.54, 1.807) is 25.1 Å². The van der Waals surface area contributed by atoms with Crippen LogP contribution in [-0.4, -0.2) is 25.0 Å². The lowest BCUT2D eigenvalue weighted by Crippen LogP contribution is -2.13. The van der Waals surface area contributed by atoms with Crippen LogP contribution in [0.2, 0.25) is 0 Å². The fraction of sp³-hybridized carbons (Fsp3) is 0.200. The summed E-state index contributed by atoms with van der Waals surface area (Å²) in [4.78, 5) is 23.6. The van der Waals surface area contributed by atoms with E-state index in [0.717, 1.165) is 23.8 Å². The Kier molecular flexibility index (Phi) is 7.79. The van der Waals surface area contributed by atoms with Crippen LogP contribution in [0.4, 0.5) is 28.9 Å². The largest absolute Gasteiger partial charge is 0.435 e. The first-order chi connectivity index (χ1) is 14.1. The molecule has 2 aromatic rings. The zero-order valence-corrected chi connectivity index (χ0v) is 15.9. The minimum absolute atomic E-state index is 0.0402. The van der Waals surface area contributed by atoms with Crippen molar-refractivity contribution in [1.29, 1.82) is 0 Å². The third kappa shape index (κ3) is 7.12. The lowest BCUT2D eigenvalue weighted by atomic mass is 10.1. The molecule has 0 aliphatic carbocycles. The molecule has 0 bridgehead atoms. The molecular formula is C20H18F4N2O4. The second kappa shape index (κ2) is 10.3. The Morgan fingerprint density at radius 3 is 2.27 bits per heavy atom. The van der Waals surface area contributed by atoms with Crippen molar-refractivity contribution in [3.63, 3.8) is 0 Å². The maximum absolute atomic E-state index is 12.6. The van der Waals surface area contributed by atoms with E-state index in [9.17, 15) is 27.2 Å². The van der Waals surface area contributed by atoms with Gasteiger partial charge in [0.1, 0.15) is 11.5 Å². The second-order valence-corrected chi connectivity index (χ2v) is 6.01. The van der Waals surface area contributed by atoms with E-state index >= 15 is 0 Å². The van der Waals surface area contributed by atoms with E-state index in [4.69, 9.17) is 0 Å². The zero-order chi connectivity index (χ0) is 22.3. The molecule has 10 heteroatoms. The summed E-state index contributed by atoms with van der Waals surface area (Å²) in [6.07, 6.45) is 2.22. The predicted molar refractivity (Wildman–Crippen MR) is 103 cm³/mol. The highest BCUT2D eigenvalue weighted by Gasteiger charge is 2.13. The number of benzene rings is 2. The summed E-state index contributed by atoms with van der Waals surface area (Å²) in [6.45, 7) is -3.24. The van der Waals surface area contributed by atoms with E-state index in [1.165, 1.54) is 19.1 Å². The molecule has 30 heavy (non-hydrogen) atoms. The Bertz CT molecular complexity index is 948. The lowest BCUT2D eigenvalue weighted by Gasteiger charge is -2.12. The molecule has 0 aliphatic rings. The number of alkyl halides is 4. The van der Waals surface area contributed by atoms with E-state index in [0.29, 0.717) is 11.4 Å². The normalized spacial score (nSPS) is 11.1. The number of carbonyl (C=O) groups is 2. The number of anilines is 2. The van der Waals surface area contributed by atoms with Crippen molar-refractivity contribution < 1.29 is 36.6 Å². The first-order valence-corrected chi connectivity index (χ1v) is 8.55. The average Bonchev–Trinajstić information content (AvgIpc) is 2.62. The van der Waals surface area contributed by atoms with Crippen LogP contribution in [-0.2, 0) is 9.59 Å². The number of halogens is 4. The molecular weight excluding hydrogens is 408 g/mol. The van der Waals surface area contributed by atoms with Gasteiger partial charge < -0.3 is 20.1 Å². The van der Waals surface area contributed by atoms with Gasteiger partial charge in [0.05, 0.1) is 11.4 Å². The maximum atomic E-state index is 12.6. The smallest absolute Gasteiger partial charge is 0.387 e. The number of nitrogens with one attached hydrogen (secondary N) is 2. The van der Waals surface area contributed by atoms with Gasteiger partial charge in [-0.3, -0.25) is 9.59 Å². The average molecular weight is 426 g/mol. The minimum Gasteiger partial charge on any atom is -0.435 e. The maximum Gasteiger partial charge on any atom is 0.387 e. The molecule has 0 fully saturated rings. The molecule has 0 heterocycles. The number of rotatable bonds is 8. The second-order valence-electron chi connectivity index (χ2n) is 6.01. The van der Waals surface area contributed by atoms with Gasteiger partial charge in [-0.15, -0.1) is 0 Å². The minimum atomic E-state index is -3.21. The molecule has 0 unspecified atom stereocenters.